The SMILES string of the molecule is C=CCCCCCN(C)C(=O)C1CC(O)CN1C(=O)OC(C)(C)C. The van der Waals surface area contributed by atoms with E-state index in [1.54, 1.807) is 32.7 Å². The van der Waals surface area contributed by atoms with Crippen LogP contribution in [0.2, 0.25) is 0 Å². The first-order valence-corrected chi connectivity index (χ1v) is 8.69. The number of unbranched alkanes of at least 4 members (excludes halogenated alkanes) is 3. The highest BCUT2D eigenvalue weighted by molar-refractivity contribution is 5.86. The van der Waals surface area contributed by atoms with Gasteiger partial charge in [-0.2, -0.15) is 0 Å². The minimum Gasteiger partial charge on any atom is -0.444 e. The van der Waals surface area contributed by atoms with Gasteiger partial charge in [-0.1, -0.05) is 12.5 Å². The average Bonchev–Trinajstić information content (AvgIpc) is 2.86. The van der Waals surface area contributed by atoms with E-state index in [1.807, 2.05) is 6.08 Å². The summed E-state index contributed by atoms with van der Waals surface area (Å²) in [5.41, 5.74) is -0.630. The number of β-amino-alcohol motifs (C(OH)–C–C–N with tert-alkyl or cyclic N) is 1. The predicted octanol–water partition coefficient (Wildman–Crippen LogP) is 2.56. The van der Waals surface area contributed by atoms with Gasteiger partial charge in [-0.25, -0.2) is 4.79 Å². The first-order chi connectivity index (χ1) is 11.2. The molecule has 6 nitrogen and oxygen atoms in total. The summed E-state index contributed by atoms with van der Waals surface area (Å²) in [5.74, 6) is -0.138. The van der Waals surface area contributed by atoms with Crippen LogP contribution in [0.3, 0.4) is 0 Å². The number of hydrogen-bond donors (Lipinski definition) is 1. The molecule has 2 amide bonds. The molecule has 1 saturated heterocycles. The minimum absolute atomic E-state index is 0.137. The predicted molar refractivity (Wildman–Crippen MR) is 93.7 cm³/mol. The topological polar surface area (TPSA) is 70.1 Å². The second-order valence-electron chi connectivity index (χ2n) is 7.44. The van der Waals surface area contributed by atoms with Gasteiger partial charge < -0.3 is 14.7 Å². The molecule has 24 heavy (non-hydrogen) atoms. The van der Waals surface area contributed by atoms with E-state index in [1.165, 1.54) is 4.90 Å². The molecule has 1 heterocycles. The Bertz CT molecular complexity index is 445. The molecule has 1 aliphatic rings. The Balaban J connectivity index is 2.59. The summed E-state index contributed by atoms with van der Waals surface area (Å²) in [6, 6.07) is -0.645. The standard InChI is InChI=1S/C18H32N2O4/c1-6-7-8-9-10-11-19(5)16(22)15-12-14(21)13-20(15)17(23)24-18(2,3)4/h6,14-15,21H,1,7-13H2,2-5H3. The third-order valence-electron chi connectivity index (χ3n) is 3.97. The lowest BCUT2D eigenvalue weighted by Crippen LogP contribution is -2.48. The molecule has 0 aromatic heterocycles. The largest absolute Gasteiger partial charge is 0.444 e. The van der Waals surface area contributed by atoms with Gasteiger partial charge in [0.25, 0.3) is 0 Å². The van der Waals surface area contributed by atoms with Gasteiger partial charge in [0, 0.05) is 20.0 Å². The summed E-state index contributed by atoms with van der Waals surface area (Å²) < 4.78 is 5.35. The highest BCUT2D eigenvalue weighted by Crippen LogP contribution is 2.23. The normalized spacial score (nSPS) is 20.8. The van der Waals surface area contributed by atoms with Crippen LogP contribution in [0.25, 0.3) is 0 Å². The number of carbonyl (C=O) groups is 2. The highest BCUT2D eigenvalue weighted by Gasteiger charge is 2.41. The molecule has 1 aliphatic heterocycles. The molecular formula is C18H32N2O4. The smallest absolute Gasteiger partial charge is 0.411 e. The Kier molecular flexibility index (Phi) is 7.73. The quantitative estimate of drug-likeness (QED) is 0.571. The monoisotopic (exact) mass is 340 g/mol. The minimum atomic E-state index is -0.688. The third-order valence-corrected chi connectivity index (χ3v) is 3.97. The van der Waals surface area contributed by atoms with Gasteiger partial charge in [-0.05, 0) is 40.0 Å². The van der Waals surface area contributed by atoms with Crippen LogP contribution in [0.4, 0.5) is 4.79 Å². The van der Waals surface area contributed by atoms with Crippen LogP contribution in [0.5, 0.6) is 0 Å². The lowest BCUT2D eigenvalue weighted by Gasteiger charge is -2.30. The van der Waals surface area contributed by atoms with Gasteiger partial charge in [0.1, 0.15) is 11.6 Å². The number of aliphatic hydroxyl groups excluding tert-OH is 1. The molecule has 1 fully saturated rings. The maximum Gasteiger partial charge on any atom is 0.411 e. The number of ether oxygens (including phenoxy) is 1. The lowest BCUT2D eigenvalue weighted by molar-refractivity contribution is -0.134. The molecule has 0 radical (unpaired) electrons. The van der Waals surface area contributed by atoms with E-state index in [0.717, 1.165) is 25.7 Å². The van der Waals surface area contributed by atoms with E-state index >= 15 is 0 Å². The molecule has 0 saturated carbocycles. The molecule has 0 aromatic rings. The van der Waals surface area contributed by atoms with Crippen molar-refractivity contribution in [2.24, 2.45) is 0 Å². The van der Waals surface area contributed by atoms with Crippen molar-refractivity contribution >= 4 is 12.0 Å². The van der Waals surface area contributed by atoms with Crippen LogP contribution in [0, 0.1) is 0 Å². The molecule has 1 N–H and O–H groups in total. The van der Waals surface area contributed by atoms with Crippen molar-refractivity contribution in [2.75, 3.05) is 20.1 Å². The fourth-order valence-electron chi connectivity index (χ4n) is 2.75. The van der Waals surface area contributed by atoms with E-state index in [0.29, 0.717) is 6.54 Å². The van der Waals surface area contributed by atoms with Gasteiger partial charge in [-0.15, -0.1) is 6.58 Å². The number of amides is 2. The van der Waals surface area contributed by atoms with Crippen molar-refractivity contribution in [1.82, 2.24) is 9.80 Å². The van der Waals surface area contributed by atoms with Crippen molar-refractivity contribution in [1.29, 1.82) is 0 Å². The number of hydrogen-bond acceptors (Lipinski definition) is 4. The molecule has 1 rings (SSSR count). The van der Waals surface area contributed by atoms with Crippen LogP contribution in [0.1, 0.15) is 52.9 Å². The molecule has 0 spiro atoms. The van der Waals surface area contributed by atoms with Gasteiger partial charge >= 0.3 is 6.09 Å². The van der Waals surface area contributed by atoms with E-state index in [2.05, 4.69) is 6.58 Å². The Morgan fingerprint density at radius 1 is 1.33 bits per heavy atom. The third kappa shape index (κ3) is 6.51. The van der Waals surface area contributed by atoms with Crippen molar-refractivity contribution in [3.05, 3.63) is 12.7 Å². The Labute approximate surface area is 145 Å². The lowest BCUT2D eigenvalue weighted by atomic mass is 10.1. The first kappa shape index (κ1) is 20.5. The van der Waals surface area contributed by atoms with Crippen molar-refractivity contribution in [3.8, 4) is 0 Å². The summed E-state index contributed by atoms with van der Waals surface area (Å²) in [6.45, 7) is 9.82. The Morgan fingerprint density at radius 3 is 2.58 bits per heavy atom. The zero-order valence-electron chi connectivity index (χ0n) is 15.5. The molecule has 6 heteroatoms. The number of nitrogens with zero attached hydrogens (tertiary/aromatic N) is 2. The molecule has 2 atom stereocenters. The molecule has 138 valence electrons. The number of allylic oxidation sites excluding steroid dienone is 1. The number of likely N-dealkylation sites (tertiary alicyclic amines) is 1. The number of rotatable bonds is 7. The second kappa shape index (κ2) is 9.06. The number of carbonyl (C=O) groups excluding carboxylic acids is 2. The van der Waals surface area contributed by atoms with Gasteiger partial charge in [0.15, 0.2) is 0 Å². The van der Waals surface area contributed by atoms with Crippen LogP contribution in [-0.2, 0) is 9.53 Å². The molecule has 2 unspecified atom stereocenters. The molecule has 0 aromatic carbocycles. The molecule has 0 aliphatic carbocycles. The average molecular weight is 340 g/mol. The zero-order chi connectivity index (χ0) is 18.3. The maximum atomic E-state index is 12.6. The zero-order valence-corrected chi connectivity index (χ0v) is 15.5. The van der Waals surface area contributed by atoms with E-state index in [-0.39, 0.29) is 18.9 Å². The molecule has 0 bridgehead atoms. The van der Waals surface area contributed by atoms with Crippen LogP contribution >= 0.6 is 0 Å². The van der Waals surface area contributed by atoms with Crippen LogP contribution in [-0.4, -0.2) is 64.8 Å². The van der Waals surface area contributed by atoms with Gasteiger partial charge in [0.05, 0.1) is 12.6 Å². The van der Waals surface area contributed by atoms with Crippen LogP contribution in [0.15, 0.2) is 12.7 Å². The summed E-state index contributed by atoms with van der Waals surface area (Å²) in [5, 5.41) is 9.89. The maximum absolute atomic E-state index is 12.6. The van der Waals surface area contributed by atoms with Crippen molar-refractivity contribution in [2.45, 2.75) is 70.6 Å². The molecular weight excluding hydrogens is 308 g/mol. The van der Waals surface area contributed by atoms with Crippen LogP contribution < -0.4 is 0 Å². The number of likely N-dealkylation sites (N-methyl/N-ethyl adjacent to an activating group) is 1. The van der Waals surface area contributed by atoms with Gasteiger partial charge in [-0.3, -0.25) is 9.69 Å². The van der Waals surface area contributed by atoms with E-state index < -0.39 is 23.8 Å². The van der Waals surface area contributed by atoms with Crippen molar-refractivity contribution in [3.63, 3.8) is 0 Å². The second-order valence-corrected chi connectivity index (χ2v) is 7.44. The fourth-order valence-corrected chi connectivity index (χ4v) is 2.75. The Morgan fingerprint density at radius 2 is 2.00 bits per heavy atom. The first-order valence-electron chi connectivity index (χ1n) is 8.69. The number of aliphatic hydroxyl groups is 1. The summed E-state index contributed by atoms with van der Waals surface area (Å²) in [6.07, 6.45) is 4.93. The van der Waals surface area contributed by atoms with Gasteiger partial charge in [0.2, 0.25) is 5.91 Å². The summed E-state index contributed by atoms with van der Waals surface area (Å²) in [4.78, 5) is 27.9. The van der Waals surface area contributed by atoms with E-state index in [4.69, 9.17) is 4.74 Å². The summed E-state index contributed by atoms with van der Waals surface area (Å²) >= 11 is 0. The highest BCUT2D eigenvalue weighted by atomic mass is 16.6. The van der Waals surface area contributed by atoms with Crippen molar-refractivity contribution < 1.29 is 19.4 Å². The summed E-state index contributed by atoms with van der Waals surface area (Å²) in [7, 11) is 1.74. The van der Waals surface area contributed by atoms with E-state index in [9.17, 15) is 14.7 Å². The fraction of sp³-hybridized carbons (Fsp3) is 0.778. The Hall–Kier alpha value is -1.56.